The molecule has 1 aliphatic heterocycles. The van der Waals surface area contributed by atoms with E-state index in [4.69, 9.17) is 4.74 Å². The summed E-state index contributed by atoms with van der Waals surface area (Å²) in [6.07, 6.45) is 0.880. The van der Waals surface area contributed by atoms with Gasteiger partial charge in [-0.2, -0.15) is 0 Å². The van der Waals surface area contributed by atoms with Gasteiger partial charge in [-0.05, 0) is 13.0 Å². The molecule has 0 spiro atoms. The molecule has 21 heavy (non-hydrogen) atoms. The van der Waals surface area contributed by atoms with Crippen LogP contribution in [0.25, 0.3) is 0 Å². The average Bonchev–Trinajstić information content (AvgIpc) is 2.87. The van der Waals surface area contributed by atoms with Gasteiger partial charge in [0, 0.05) is 19.0 Å². The molecule has 0 saturated carbocycles. The van der Waals surface area contributed by atoms with Gasteiger partial charge in [-0.3, -0.25) is 4.79 Å². The van der Waals surface area contributed by atoms with Crippen LogP contribution < -0.4 is 15.4 Å². The van der Waals surface area contributed by atoms with Gasteiger partial charge in [0.25, 0.3) is 5.91 Å². The molecular weight excluding hydrogens is 286 g/mol. The lowest BCUT2D eigenvalue weighted by Gasteiger charge is -2.26. The van der Waals surface area contributed by atoms with Crippen LogP contribution in [0.5, 0.6) is 5.75 Å². The lowest BCUT2D eigenvalue weighted by molar-refractivity contribution is 0.0966. The molecule has 5 nitrogen and oxygen atoms in total. The van der Waals surface area contributed by atoms with Crippen molar-refractivity contribution in [1.82, 2.24) is 10.3 Å². The van der Waals surface area contributed by atoms with Gasteiger partial charge in [-0.25, -0.2) is 4.98 Å². The molecule has 1 aromatic carbocycles. The van der Waals surface area contributed by atoms with Crippen molar-refractivity contribution in [3.8, 4) is 5.75 Å². The van der Waals surface area contributed by atoms with Crippen molar-refractivity contribution in [2.75, 3.05) is 19.0 Å². The summed E-state index contributed by atoms with van der Waals surface area (Å²) in [5, 5.41) is 6.83. The van der Waals surface area contributed by atoms with Gasteiger partial charge < -0.3 is 15.4 Å². The van der Waals surface area contributed by atoms with Crippen molar-refractivity contribution < 1.29 is 9.53 Å². The summed E-state index contributed by atoms with van der Waals surface area (Å²) in [6, 6.07) is 8.18. The smallest absolute Gasteiger partial charge is 0.263 e. The van der Waals surface area contributed by atoms with E-state index in [9.17, 15) is 4.79 Å². The average molecular weight is 303 g/mol. The summed E-state index contributed by atoms with van der Waals surface area (Å²) >= 11 is 1.39. The minimum absolute atomic E-state index is 0.0922. The Balaban J connectivity index is 1.84. The molecule has 2 N–H and O–H groups in total. The van der Waals surface area contributed by atoms with Crippen molar-refractivity contribution in [2.24, 2.45) is 0 Å². The maximum absolute atomic E-state index is 11.7. The van der Waals surface area contributed by atoms with Crippen LogP contribution in [-0.4, -0.2) is 24.5 Å². The molecule has 0 saturated heterocycles. The fraction of sp³-hybridized carbons (Fsp3) is 0.333. The van der Waals surface area contributed by atoms with Crippen LogP contribution in [0.2, 0.25) is 0 Å². The van der Waals surface area contributed by atoms with Crippen LogP contribution >= 0.6 is 11.3 Å². The number of hydrogen-bond donors (Lipinski definition) is 2. The third-order valence-electron chi connectivity index (χ3n) is 3.49. The number of aromatic nitrogens is 1. The second-order valence-corrected chi connectivity index (χ2v) is 5.88. The Labute approximate surface area is 127 Å². The Bertz CT molecular complexity index is 669. The number of anilines is 1. The third-order valence-corrected chi connectivity index (χ3v) is 4.57. The number of ether oxygens (including phenoxy) is 1. The molecule has 0 bridgehead atoms. The molecule has 0 fully saturated rings. The zero-order valence-corrected chi connectivity index (χ0v) is 12.8. The molecule has 1 atom stereocenters. The van der Waals surface area contributed by atoms with Gasteiger partial charge >= 0.3 is 0 Å². The number of para-hydroxylation sites is 1. The first-order valence-electron chi connectivity index (χ1n) is 6.87. The summed E-state index contributed by atoms with van der Waals surface area (Å²) in [7, 11) is 1.63. The van der Waals surface area contributed by atoms with Crippen LogP contribution in [0.4, 0.5) is 5.13 Å². The minimum atomic E-state index is -0.0922. The standard InChI is InChI=1S/C15H17N3O2S/c1-9-13(14(19)16-2)21-15(17-9)18-11-7-8-20-12-6-4-3-5-10(11)12/h3-6,11H,7-8H2,1-2H3,(H,16,19)(H,17,18)/t11-/m1/s1. The molecule has 0 aliphatic carbocycles. The zero-order valence-electron chi connectivity index (χ0n) is 12.0. The first kappa shape index (κ1) is 13.9. The quantitative estimate of drug-likeness (QED) is 0.915. The highest BCUT2D eigenvalue weighted by Gasteiger charge is 2.23. The maximum Gasteiger partial charge on any atom is 0.263 e. The normalized spacial score (nSPS) is 16.8. The van der Waals surface area contributed by atoms with E-state index in [1.54, 1.807) is 7.05 Å². The van der Waals surface area contributed by atoms with E-state index in [2.05, 4.69) is 21.7 Å². The van der Waals surface area contributed by atoms with Crippen LogP contribution in [0.3, 0.4) is 0 Å². The Morgan fingerprint density at radius 1 is 1.43 bits per heavy atom. The van der Waals surface area contributed by atoms with Gasteiger partial charge in [-0.1, -0.05) is 29.5 Å². The summed E-state index contributed by atoms with van der Waals surface area (Å²) in [5.74, 6) is 0.825. The SMILES string of the molecule is CNC(=O)c1sc(N[C@@H]2CCOc3ccccc32)nc1C. The number of nitrogens with one attached hydrogen (secondary N) is 2. The highest BCUT2D eigenvalue weighted by atomic mass is 32.1. The lowest BCUT2D eigenvalue weighted by Crippen LogP contribution is -2.20. The molecular formula is C15H17N3O2S. The van der Waals surface area contributed by atoms with Crippen LogP contribution in [0.15, 0.2) is 24.3 Å². The van der Waals surface area contributed by atoms with Crippen molar-refractivity contribution in [3.63, 3.8) is 0 Å². The topological polar surface area (TPSA) is 63.2 Å². The highest BCUT2D eigenvalue weighted by Crippen LogP contribution is 2.35. The van der Waals surface area contributed by atoms with E-state index in [0.29, 0.717) is 11.5 Å². The Kier molecular flexibility index (Phi) is 3.79. The van der Waals surface area contributed by atoms with E-state index in [0.717, 1.165) is 28.6 Å². The number of nitrogens with zero attached hydrogens (tertiary/aromatic N) is 1. The largest absolute Gasteiger partial charge is 0.493 e. The molecule has 2 aromatic rings. The predicted molar refractivity (Wildman–Crippen MR) is 83.2 cm³/mol. The summed E-state index contributed by atoms with van der Waals surface area (Å²) < 4.78 is 5.65. The number of carbonyl (C=O) groups is 1. The fourth-order valence-electron chi connectivity index (χ4n) is 2.42. The first-order valence-corrected chi connectivity index (χ1v) is 7.68. The molecule has 0 radical (unpaired) electrons. The van der Waals surface area contributed by atoms with Gasteiger partial charge in [0.15, 0.2) is 5.13 Å². The maximum atomic E-state index is 11.7. The van der Waals surface area contributed by atoms with Crippen molar-refractivity contribution in [1.29, 1.82) is 0 Å². The predicted octanol–water partition coefficient (Wildman–Crippen LogP) is 2.75. The lowest BCUT2D eigenvalue weighted by atomic mass is 10.0. The molecule has 1 aliphatic rings. The molecule has 1 aromatic heterocycles. The molecule has 1 amide bonds. The molecule has 2 heterocycles. The number of benzene rings is 1. The number of hydrogen-bond acceptors (Lipinski definition) is 5. The first-order chi connectivity index (χ1) is 10.2. The number of carbonyl (C=O) groups excluding carboxylic acids is 1. The van der Waals surface area contributed by atoms with Crippen LogP contribution in [0, 0.1) is 6.92 Å². The molecule has 110 valence electrons. The van der Waals surface area contributed by atoms with E-state index in [1.165, 1.54) is 11.3 Å². The molecule has 0 unspecified atom stereocenters. The second kappa shape index (κ2) is 5.73. The summed E-state index contributed by atoms with van der Waals surface area (Å²) in [5.41, 5.74) is 1.89. The van der Waals surface area contributed by atoms with Crippen LogP contribution in [-0.2, 0) is 0 Å². The Morgan fingerprint density at radius 2 is 2.24 bits per heavy atom. The minimum Gasteiger partial charge on any atom is -0.493 e. The van der Waals surface area contributed by atoms with E-state index in [-0.39, 0.29) is 11.9 Å². The molecule has 3 rings (SSSR count). The summed E-state index contributed by atoms with van der Waals surface area (Å²) in [4.78, 5) is 16.9. The number of amides is 1. The monoisotopic (exact) mass is 303 g/mol. The number of fused-ring (bicyclic) bond motifs is 1. The van der Waals surface area contributed by atoms with E-state index >= 15 is 0 Å². The Hall–Kier alpha value is -2.08. The van der Waals surface area contributed by atoms with Gasteiger partial charge in [0.05, 0.1) is 18.3 Å². The Morgan fingerprint density at radius 3 is 3.05 bits per heavy atom. The number of thiazole rings is 1. The van der Waals surface area contributed by atoms with Crippen molar-refractivity contribution in [2.45, 2.75) is 19.4 Å². The zero-order chi connectivity index (χ0) is 14.8. The number of aryl methyl sites for hydroxylation is 1. The van der Waals surface area contributed by atoms with Crippen LogP contribution in [0.1, 0.15) is 33.4 Å². The van der Waals surface area contributed by atoms with E-state index < -0.39 is 0 Å². The van der Waals surface area contributed by atoms with Gasteiger partial charge in [0.1, 0.15) is 10.6 Å². The fourth-order valence-corrected chi connectivity index (χ4v) is 3.39. The van der Waals surface area contributed by atoms with Gasteiger partial charge in [0.2, 0.25) is 0 Å². The van der Waals surface area contributed by atoms with Crippen molar-refractivity contribution >= 4 is 22.4 Å². The molecule has 6 heteroatoms. The second-order valence-electron chi connectivity index (χ2n) is 4.88. The third kappa shape index (κ3) is 2.71. The highest BCUT2D eigenvalue weighted by molar-refractivity contribution is 7.17. The number of rotatable bonds is 3. The van der Waals surface area contributed by atoms with E-state index in [1.807, 2.05) is 25.1 Å². The van der Waals surface area contributed by atoms with Crippen molar-refractivity contribution in [3.05, 3.63) is 40.4 Å². The van der Waals surface area contributed by atoms with Gasteiger partial charge in [-0.15, -0.1) is 0 Å². The summed E-state index contributed by atoms with van der Waals surface area (Å²) in [6.45, 7) is 2.53.